The first-order chi connectivity index (χ1) is 17.6. The molecule has 3 rings (SSSR count). The van der Waals surface area contributed by atoms with E-state index in [1.54, 1.807) is 18.2 Å². The molecule has 0 bridgehead atoms. The van der Waals surface area contributed by atoms with Crippen LogP contribution in [-0.2, 0) is 35.0 Å². The Morgan fingerprint density at radius 1 is 1.00 bits per heavy atom. The van der Waals surface area contributed by atoms with Crippen molar-refractivity contribution in [3.63, 3.8) is 0 Å². The van der Waals surface area contributed by atoms with Gasteiger partial charge in [-0.3, -0.25) is 14.7 Å². The maximum absolute atomic E-state index is 13.0. The van der Waals surface area contributed by atoms with Crippen LogP contribution in [0.3, 0.4) is 0 Å². The minimum atomic E-state index is -5.08. The van der Waals surface area contributed by atoms with Crippen molar-refractivity contribution >= 4 is 35.1 Å². The van der Waals surface area contributed by atoms with Crippen LogP contribution in [0.4, 0.5) is 32.0 Å². The van der Waals surface area contributed by atoms with Crippen molar-refractivity contribution in [1.82, 2.24) is 10.2 Å². The number of nitrogens with two attached hydrogens (primary N) is 1. The van der Waals surface area contributed by atoms with E-state index in [0.29, 0.717) is 24.1 Å². The van der Waals surface area contributed by atoms with E-state index in [0.717, 1.165) is 17.7 Å². The molecule has 0 atom stereocenters. The number of benzene rings is 2. The largest absolute Gasteiger partial charge is 0.490 e. The lowest BCUT2D eigenvalue weighted by atomic mass is 10.0. The highest BCUT2D eigenvalue weighted by Gasteiger charge is 2.38. The zero-order valence-electron chi connectivity index (χ0n) is 19.1. The van der Waals surface area contributed by atoms with Gasteiger partial charge < -0.3 is 16.2 Å². The van der Waals surface area contributed by atoms with Crippen molar-refractivity contribution < 1.29 is 45.8 Å². The van der Waals surface area contributed by atoms with Gasteiger partial charge in [0.2, 0.25) is 5.91 Å². The molecule has 204 valence electrons. The molecule has 0 saturated heterocycles. The standard InChI is InChI=1S/C21H18ClF3N4O2.C2HF3O2/c22-17-7-5-13(9-16(17)21(23,24)25)10-18(30)28-15-3-1-2-12(8-15)4-6-14-11-27-29-19(14)20(26)31;3-2(4,5)1(6)7/h1-3,5,7-9,11H,4,6,10H2,(H2,26,31)(H,27,29)(H,28,30);(H,6,7). The van der Waals surface area contributed by atoms with E-state index < -0.39 is 40.7 Å². The first kappa shape index (κ1) is 30.2. The van der Waals surface area contributed by atoms with Crippen LogP contribution in [0.5, 0.6) is 0 Å². The normalized spacial score (nSPS) is 11.3. The Bertz CT molecular complexity index is 1310. The van der Waals surface area contributed by atoms with Crippen molar-refractivity contribution in [1.29, 1.82) is 0 Å². The van der Waals surface area contributed by atoms with Crippen molar-refractivity contribution in [2.75, 3.05) is 5.32 Å². The molecule has 8 nitrogen and oxygen atoms in total. The number of hydrogen-bond acceptors (Lipinski definition) is 4. The highest BCUT2D eigenvalue weighted by atomic mass is 35.5. The van der Waals surface area contributed by atoms with Gasteiger partial charge in [0.05, 0.1) is 23.2 Å². The molecule has 3 aromatic rings. The Morgan fingerprint density at radius 3 is 2.24 bits per heavy atom. The van der Waals surface area contributed by atoms with Gasteiger partial charge in [-0.2, -0.15) is 31.4 Å². The van der Waals surface area contributed by atoms with Gasteiger partial charge in [-0.25, -0.2) is 4.79 Å². The van der Waals surface area contributed by atoms with Gasteiger partial charge in [-0.15, -0.1) is 0 Å². The van der Waals surface area contributed by atoms with Gasteiger partial charge in [-0.1, -0.05) is 29.8 Å². The lowest BCUT2D eigenvalue weighted by molar-refractivity contribution is -0.192. The van der Waals surface area contributed by atoms with E-state index in [1.807, 2.05) is 6.07 Å². The second-order valence-electron chi connectivity index (χ2n) is 7.67. The summed E-state index contributed by atoms with van der Waals surface area (Å²) in [4.78, 5) is 32.6. The number of carbonyl (C=O) groups is 3. The number of hydrogen-bond donors (Lipinski definition) is 4. The van der Waals surface area contributed by atoms with Crippen LogP contribution in [0, 0.1) is 0 Å². The monoisotopic (exact) mass is 564 g/mol. The van der Waals surface area contributed by atoms with Crippen LogP contribution >= 0.6 is 11.6 Å². The Kier molecular flexibility index (Phi) is 9.88. The van der Waals surface area contributed by atoms with Crippen molar-refractivity contribution in [2.24, 2.45) is 5.73 Å². The van der Waals surface area contributed by atoms with Crippen molar-refractivity contribution in [3.05, 3.63) is 81.6 Å². The van der Waals surface area contributed by atoms with Crippen LogP contribution in [-0.4, -0.2) is 39.3 Å². The second-order valence-corrected chi connectivity index (χ2v) is 8.08. The maximum Gasteiger partial charge on any atom is 0.490 e. The number of nitrogens with one attached hydrogen (secondary N) is 2. The third kappa shape index (κ3) is 9.10. The Labute approximate surface area is 215 Å². The Morgan fingerprint density at radius 2 is 1.66 bits per heavy atom. The fourth-order valence-electron chi connectivity index (χ4n) is 3.09. The molecule has 0 aliphatic carbocycles. The number of halogens is 7. The van der Waals surface area contributed by atoms with Gasteiger partial charge in [0.15, 0.2) is 0 Å². The number of nitrogens with zero attached hydrogens (tertiary/aromatic N) is 1. The molecule has 0 spiro atoms. The van der Waals surface area contributed by atoms with Gasteiger partial charge in [0.1, 0.15) is 5.69 Å². The van der Waals surface area contributed by atoms with Crippen LogP contribution in [0.1, 0.15) is 32.7 Å². The number of carbonyl (C=O) groups excluding carboxylic acids is 2. The van der Waals surface area contributed by atoms with E-state index in [4.69, 9.17) is 27.2 Å². The average molecular weight is 565 g/mol. The quantitative estimate of drug-likeness (QED) is 0.306. The number of aromatic nitrogens is 2. The molecule has 0 aliphatic heterocycles. The van der Waals surface area contributed by atoms with Crippen molar-refractivity contribution in [3.8, 4) is 0 Å². The SMILES string of the molecule is NC(=O)c1[nH]ncc1CCc1cccc(NC(=O)Cc2ccc(Cl)c(C(F)(F)F)c2)c1.O=C(O)C(F)(F)F. The number of amides is 2. The maximum atomic E-state index is 13.0. The summed E-state index contributed by atoms with van der Waals surface area (Å²) in [5, 5.41) is 15.8. The van der Waals surface area contributed by atoms with Crippen LogP contribution in [0.15, 0.2) is 48.7 Å². The molecule has 1 aromatic heterocycles. The minimum absolute atomic E-state index is 0.198. The number of carboxylic acid groups (broad SMARTS) is 1. The van der Waals surface area contributed by atoms with Gasteiger partial charge in [-0.05, 0) is 48.2 Å². The number of aryl methyl sites for hydroxylation is 2. The molecule has 15 heteroatoms. The molecular formula is C23H19ClF6N4O4. The lowest BCUT2D eigenvalue weighted by Crippen LogP contribution is -2.21. The summed E-state index contributed by atoms with van der Waals surface area (Å²) < 4.78 is 70.7. The van der Waals surface area contributed by atoms with Crippen LogP contribution in [0.25, 0.3) is 0 Å². The molecule has 0 fully saturated rings. The summed E-state index contributed by atoms with van der Waals surface area (Å²) in [6, 6.07) is 10.4. The second kappa shape index (κ2) is 12.4. The first-order valence-electron chi connectivity index (χ1n) is 10.4. The molecule has 2 amide bonds. The predicted molar refractivity (Wildman–Crippen MR) is 123 cm³/mol. The van der Waals surface area contributed by atoms with Crippen LogP contribution < -0.4 is 11.1 Å². The Hall–Kier alpha value is -4.07. The number of aliphatic carboxylic acids is 1. The summed E-state index contributed by atoms with van der Waals surface area (Å²) in [7, 11) is 0. The highest BCUT2D eigenvalue weighted by molar-refractivity contribution is 6.31. The minimum Gasteiger partial charge on any atom is -0.475 e. The van der Waals surface area contributed by atoms with Crippen molar-refractivity contribution in [2.45, 2.75) is 31.6 Å². The first-order valence-corrected chi connectivity index (χ1v) is 10.8. The molecule has 0 radical (unpaired) electrons. The topological polar surface area (TPSA) is 138 Å². The molecule has 38 heavy (non-hydrogen) atoms. The molecule has 1 heterocycles. The third-order valence-electron chi connectivity index (χ3n) is 4.80. The lowest BCUT2D eigenvalue weighted by Gasteiger charge is -2.11. The third-order valence-corrected chi connectivity index (χ3v) is 5.13. The Balaban J connectivity index is 0.000000638. The molecule has 0 aliphatic rings. The van der Waals surface area contributed by atoms with Crippen LogP contribution in [0.2, 0.25) is 5.02 Å². The molecule has 2 aromatic carbocycles. The molecule has 0 saturated carbocycles. The van der Waals surface area contributed by atoms with E-state index in [1.165, 1.54) is 12.3 Å². The number of H-pyrrole nitrogens is 1. The predicted octanol–water partition coefficient (Wildman–Crippen LogP) is 4.78. The highest BCUT2D eigenvalue weighted by Crippen LogP contribution is 2.35. The number of alkyl halides is 6. The van der Waals surface area contributed by atoms with E-state index in [9.17, 15) is 35.9 Å². The number of rotatable bonds is 7. The van der Waals surface area contributed by atoms with E-state index in [2.05, 4.69) is 15.5 Å². The smallest absolute Gasteiger partial charge is 0.475 e. The summed E-state index contributed by atoms with van der Waals surface area (Å²) in [6.45, 7) is 0. The molecule has 0 unspecified atom stereocenters. The zero-order valence-corrected chi connectivity index (χ0v) is 19.8. The van der Waals surface area contributed by atoms with E-state index in [-0.39, 0.29) is 17.7 Å². The number of anilines is 1. The zero-order chi connectivity index (χ0) is 28.7. The molecular weight excluding hydrogens is 546 g/mol. The average Bonchev–Trinajstić information content (AvgIpc) is 3.27. The fourth-order valence-corrected chi connectivity index (χ4v) is 3.31. The number of aromatic amines is 1. The van der Waals surface area contributed by atoms with Gasteiger partial charge in [0, 0.05) is 11.3 Å². The fraction of sp³-hybridized carbons (Fsp3) is 0.217. The van der Waals surface area contributed by atoms with Gasteiger partial charge >= 0.3 is 18.3 Å². The summed E-state index contributed by atoms with van der Waals surface area (Å²) in [6.07, 6.45) is -7.30. The number of primary amides is 1. The number of carboxylic acids is 1. The summed E-state index contributed by atoms with van der Waals surface area (Å²) in [5.41, 5.74) is 6.85. The summed E-state index contributed by atoms with van der Waals surface area (Å²) in [5.74, 6) is -3.81. The van der Waals surface area contributed by atoms with E-state index >= 15 is 0 Å². The summed E-state index contributed by atoms with van der Waals surface area (Å²) >= 11 is 5.61. The molecule has 5 N–H and O–H groups in total. The van der Waals surface area contributed by atoms with Gasteiger partial charge in [0.25, 0.3) is 5.91 Å².